The lowest BCUT2D eigenvalue weighted by Gasteiger charge is -2.32. The molecule has 0 saturated heterocycles. The Balaban J connectivity index is 1.68. The van der Waals surface area contributed by atoms with Gasteiger partial charge in [0.25, 0.3) is 5.91 Å². The van der Waals surface area contributed by atoms with Crippen LogP contribution >= 0.6 is 22.9 Å². The zero-order chi connectivity index (χ0) is 21.0. The summed E-state index contributed by atoms with van der Waals surface area (Å²) in [6.45, 7) is 3.23. The molecule has 1 heterocycles. The molecule has 1 aromatic carbocycles. The van der Waals surface area contributed by atoms with Gasteiger partial charge < -0.3 is 10.1 Å². The standard InChI is InChI=1S/C21H22ClN3O3S/c1-13-17(29-19(24-13)15-7-6-8-16(22)11-15)20(27)28-14(2)18(26)25-21(12-23)9-4-3-5-10-21/h6-8,11,14H,3-5,9-10H2,1-2H3,(H,25,26). The van der Waals surface area contributed by atoms with Gasteiger partial charge in [0.2, 0.25) is 0 Å². The Morgan fingerprint density at radius 3 is 2.72 bits per heavy atom. The van der Waals surface area contributed by atoms with Crippen LogP contribution in [0.25, 0.3) is 10.6 Å². The molecule has 29 heavy (non-hydrogen) atoms. The van der Waals surface area contributed by atoms with E-state index in [9.17, 15) is 14.9 Å². The van der Waals surface area contributed by atoms with E-state index in [4.69, 9.17) is 16.3 Å². The predicted octanol–water partition coefficient (Wildman–Crippen LogP) is 4.66. The highest BCUT2D eigenvalue weighted by molar-refractivity contribution is 7.17. The van der Waals surface area contributed by atoms with Gasteiger partial charge in [0.15, 0.2) is 6.10 Å². The summed E-state index contributed by atoms with van der Waals surface area (Å²) in [5.41, 5.74) is 0.475. The third-order valence-electron chi connectivity index (χ3n) is 4.99. The average molecular weight is 432 g/mol. The first-order valence-corrected chi connectivity index (χ1v) is 10.7. The molecule has 2 aromatic rings. The van der Waals surface area contributed by atoms with Gasteiger partial charge in [-0.1, -0.05) is 43.0 Å². The van der Waals surface area contributed by atoms with Crippen molar-refractivity contribution in [3.63, 3.8) is 0 Å². The maximum Gasteiger partial charge on any atom is 0.351 e. The van der Waals surface area contributed by atoms with Gasteiger partial charge in [-0.15, -0.1) is 11.3 Å². The molecule has 3 rings (SSSR count). The van der Waals surface area contributed by atoms with Crippen LogP contribution in [-0.4, -0.2) is 28.5 Å². The van der Waals surface area contributed by atoms with Crippen molar-refractivity contribution in [1.29, 1.82) is 5.26 Å². The minimum atomic E-state index is -1.01. The van der Waals surface area contributed by atoms with E-state index in [0.717, 1.165) is 24.8 Å². The fourth-order valence-electron chi connectivity index (χ4n) is 3.36. The van der Waals surface area contributed by atoms with E-state index in [1.165, 1.54) is 18.3 Å². The maximum absolute atomic E-state index is 12.6. The minimum absolute atomic E-state index is 0.340. The number of thiazole rings is 1. The molecule has 1 fully saturated rings. The van der Waals surface area contributed by atoms with Gasteiger partial charge in [0.05, 0.1) is 11.8 Å². The van der Waals surface area contributed by atoms with E-state index < -0.39 is 23.5 Å². The fraction of sp³-hybridized carbons (Fsp3) is 0.429. The Labute approximate surface area is 178 Å². The summed E-state index contributed by atoms with van der Waals surface area (Å²) in [5, 5.41) is 13.5. The number of nitrogens with zero attached hydrogens (tertiary/aromatic N) is 2. The smallest absolute Gasteiger partial charge is 0.351 e. The molecule has 1 aliphatic carbocycles. The van der Waals surface area contributed by atoms with E-state index in [0.29, 0.717) is 33.4 Å². The number of carbonyl (C=O) groups excluding carboxylic acids is 2. The fourth-order valence-corrected chi connectivity index (χ4v) is 4.49. The Bertz CT molecular complexity index is 960. The highest BCUT2D eigenvalue weighted by atomic mass is 35.5. The number of rotatable bonds is 5. The van der Waals surface area contributed by atoms with Crippen LogP contribution in [-0.2, 0) is 9.53 Å². The molecule has 0 aliphatic heterocycles. The molecule has 1 aliphatic rings. The van der Waals surface area contributed by atoms with Gasteiger partial charge in [-0.25, -0.2) is 9.78 Å². The second kappa shape index (κ2) is 8.93. The molecule has 1 atom stereocenters. The minimum Gasteiger partial charge on any atom is -0.448 e. The van der Waals surface area contributed by atoms with Crippen LogP contribution in [0.2, 0.25) is 5.02 Å². The van der Waals surface area contributed by atoms with Crippen LogP contribution < -0.4 is 5.32 Å². The molecule has 152 valence electrons. The number of hydrogen-bond acceptors (Lipinski definition) is 6. The van der Waals surface area contributed by atoms with Crippen LogP contribution in [0.15, 0.2) is 24.3 Å². The molecular formula is C21H22ClN3O3S. The largest absolute Gasteiger partial charge is 0.448 e. The Hall–Kier alpha value is -2.43. The third kappa shape index (κ3) is 4.95. The summed E-state index contributed by atoms with van der Waals surface area (Å²) in [6, 6.07) is 9.45. The number of esters is 1. The van der Waals surface area contributed by atoms with Gasteiger partial charge in [0.1, 0.15) is 15.4 Å². The summed E-state index contributed by atoms with van der Waals surface area (Å²) in [4.78, 5) is 29.9. The zero-order valence-electron chi connectivity index (χ0n) is 16.3. The van der Waals surface area contributed by atoms with E-state index >= 15 is 0 Å². The van der Waals surface area contributed by atoms with Crippen LogP contribution in [0.5, 0.6) is 0 Å². The topological polar surface area (TPSA) is 92.1 Å². The SMILES string of the molecule is Cc1nc(-c2cccc(Cl)c2)sc1C(=O)OC(C)C(=O)NC1(C#N)CCCCC1. The number of nitriles is 1. The highest BCUT2D eigenvalue weighted by Crippen LogP contribution is 2.30. The highest BCUT2D eigenvalue weighted by Gasteiger charge is 2.35. The summed E-state index contributed by atoms with van der Waals surface area (Å²) >= 11 is 7.22. The summed E-state index contributed by atoms with van der Waals surface area (Å²) in [7, 11) is 0. The van der Waals surface area contributed by atoms with Crippen molar-refractivity contribution < 1.29 is 14.3 Å². The summed E-state index contributed by atoms with van der Waals surface area (Å²) in [6.07, 6.45) is 3.08. The van der Waals surface area contributed by atoms with E-state index in [-0.39, 0.29) is 0 Å². The first-order chi connectivity index (χ1) is 13.8. The second-order valence-corrected chi connectivity index (χ2v) is 8.67. The molecular weight excluding hydrogens is 410 g/mol. The number of hydrogen-bond donors (Lipinski definition) is 1. The lowest BCUT2D eigenvalue weighted by molar-refractivity contribution is -0.130. The molecule has 0 bridgehead atoms. The van der Waals surface area contributed by atoms with Crippen molar-refractivity contribution in [2.45, 2.75) is 57.6 Å². The van der Waals surface area contributed by atoms with Crippen molar-refractivity contribution in [2.24, 2.45) is 0 Å². The monoisotopic (exact) mass is 431 g/mol. The first-order valence-electron chi connectivity index (χ1n) is 9.51. The normalized spacial score (nSPS) is 16.5. The van der Waals surface area contributed by atoms with Crippen molar-refractivity contribution in [2.75, 3.05) is 0 Å². The van der Waals surface area contributed by atoms with Gasteiger partial charge in [-0.3, -0.25) is 4.79 Å². The van der Waals surface area contributed by atoms with Gasteiger partial charge in [0, 0.05) is 10.6 Å². The van der Waals surface area contributed by atoms with E-state index in [1.54, 1.807) is 19.1 Å². The van der Waals surface area contributed by atoms with Crippen LogP contribution in [0.3, 0.4) is 0 Å². The number of amides is 1. The van der Waals surface area contributed by atoms with E-state index in [2.05, 4.69) is 16.4 Å². The molecule has 1 amide bonds. The average Bonchev–Trinajstić information content (AvgIpc) is 3.10. The number of ether oxygens (including phenoxy) is 1. The Kier molecular flexibility index (Phi) is 6.56. The number of aryl methyl sites for hydroxylation is 1. The molecule has 1 aromatic heterocycles. The van der Waals surface area contributed by atoms with Crippen molar-refractivity contribution in [3.05, 3.63) is 39.9 Å². The Morgan fingerprint density at radius 2 is 2.07 bits per heavy atom. The number of halogens is 1. The van der Waals surface area contributed by atoms with Crippen molar-refractivity contribution in [1.82, 2.24) is 10.3 Å². The molecule has 1 saturated carbocycles. The molecule has 0 spiro atoms. The lowest BCUT2D eigenvalue weighted by atomic mass is 9.83. The van der Waals surface area contributed by atoms with Crippen molar-refractivity contribution in [3.8, 4) is 16.6 Å². The quantitative estimate of drug-likeness (QED) is 0.695. The summed E-state index contributed by atoms with van der Waals surface area (Å²) < 4.78 is 5.37. The van der Waals surface area contributed by atoms with Crippen LogP contribution in [0.1, 0.15) is 54.4 Å². The van der Waals surface area contributed by atoms with Crippen molar-refractivity contribution >= 4 is 34.8 Å². The zero-order valence-corrected chi connectivity index (χ0v) is 17.9. The predicted molar refractivity (Wildman–Crippen MR) is 112 cm³/mol. The summed E-state index contributed by atoms with van der Waals surface area (Å²) in [5.74, 6) is -1.07. The first kappa shape index (κ1) is 21.3. The number of benzene rings is 1. The second-order valence-electron chi connectivity index (χ2n) is 7.24. The Morgan fingerprint density at radius 1 is 1.34 bits per heavy atom. The molecule has 1 unspecified atom stereocenters. The molecule has 6 nitrogen and oxygen atoms in total. The number of nitrogens with one attached hydrogen (secondary N) is 1. The maximum atomic E-state index is 12.6. The third-order valence-corrected chi connectivity index (χ3v) is 6.41. The molecule has 8 heteroatoms. The van der Waals surface area contributed by atoms with Crippen LogP contribution in [0.4, 0.5) is 0 Å². The van der Waals surface area contributed by atoms with E-state index in [1.807, 2.05) is 12.1 Å². The molecule has 1 N–H and O–H groups in total. The number of carbonyl (C=O) groups is 2. The van der Waals surface area contributed by atoms with Gasteiger partial charge in [-0.05, 0) is 38.8 Å². The van der Waals surface area contributed by atoms with Gasteiger partial charge in [-0.2, -0.15) is 5.26 Å². The van der Waals surface area contributed by atoms with Crippen LogP contribution in [0, 0.1) is 18.3 Å². The number of aromatic nitrogens is 1. The van der Waals surface area contributed by atoms with Gasteiger partial charge >= 0.3 is 5.97 Å². The lowest BCUT2D eigenvalue weighted by Crippen LogP contribution is -2.52. The molecule has 0 radical (unpaired) electrons.